The molecule has 8 heteroatoms. The van der Waals surface area contributed by atoms with Crippen LogP contribution in [0.2, 0.25) is 0 Å². The number of aryl methyl sites for hydroxylation is 2. The summed E-state index contributed by atoms with van der Waals surface area (Å²) < 4.78 is 38.5. The van der Waals surface area contributed by atoms with E-state index in [0.29, 0.717) is 0 Å². The molecule has 158 valence electrons. The van der Waals surface area contributed by atoms with E-state index >= 15 is 0 Å². The molecule has 0 saturated carbocycles. The zero-order valence-electron chi connectivity index (χ0n) is 17.1. The van der Waals surface area contributed by atoms with Gasteiger partial charge in [-0.3, -0.25) is 4.79 Å². The van der Waals surface area contributed by atoms with Crippen molar-refractivity contribution in [2.45, 2.75) is 43.9 Å². The van der Waals surface area contributed by atoms with Crippen LogP contribution in [0.3, 0.4) is 0 Å². The number of halogens is 1. The Morgan fingerprint density at radius 2 is 1.63 bits per heavy atom. The molecule has 3 rings (SSSR count). The predicted octanol–water partition coefficient (Wildman–Crippen LogP) is 4.61. The molecule has 0 spiro atoms. The number of sulfone groups is 1. The first-order chi connectivity index (χ1) is 14.1. The summed E-state index contributed by atoms with van der Waals surface area (Å²) in [7, 11) is -3.93. The molecule has 0 aliphatic carbocycles. The lowest BCUT2D eigenvalue weighted by atomic mass is 10.2. The third kappa shape index (κ3) is 4.60. The molecule has 1 amide bonds. The summed E-state index contributed by atoms with van der Waals surface area (Å²) in [4.78, 5) is 18.0. The van der Waals surface area contributed by atoms with E-state index in [1.807, 2.05) is 38.1 Å². The van der Waals surface area contributed by atoms with Crippen LogP contribution in [0, 0.1) is 19.7 Å². The van der Waals surface area contributed by atoms with Crippen molar-refractivity contribution in [3.8, 4) is 10.6 Å². The largest absolute Gasteiger partial charge is 0.348 e. The first-order valence-electron chi connectivity index (χ1n) is 9.44. The Labute approximate surface area is 179 Å². The Morgan fingerprint density at radius 1 is 1.03 bits per heavy atom. The van der Waals surface area contributed by atoms with Crippen molar-refractivity contribution >= 4 is 27.1 Å². The van der Waals surface area contributed by atoms with Gasteiger partial charge in [-0.15, -0.1) is 11.3 Å². The number of amides is 1. The van der Waals surface area contributed by atoms with Gasteiger partial charge in [0.2, 0.25) is 5.91 Å². The molecule has 2 unspecified atom stereocenters. The molecule has 0 saturated heterocycles. The van der Waals surface area contributed by atoms with Gasteiger partial charge in [-0.05, 0) is 52.0 Å². The van der Waals surface area contributed by atoms with Crippen molar-refractivity contribution in [1.82, 2.24) is 10.3 Å². The molecule has 1 aromatic heterocycles. The average molecular weight is 447 g/mol. The van der Waals surface area contributed by atoms with Gasteiger partial charge in [0, 0.05) is 5.56 Å². The summed E-state index contributed by atoms with van der Waals surface area (Å²) in [6.07, 6.45) is 0. The van der Waals surface area contributed by atoms with Crippen molar-refractivity contribution in [2.75, 3.05) is 0 Å². The van der Waals surface area contributed by atoms with Gasteiger partial charge in [0.25, 0.3) is 0 Å². The van der Waals surface area contributed by atoms with E-state index in [0.717, 1.165) is 38.8 Å². The molecule has 0 bridgehead atoms. The fourth-order valence-electron chi connectivity index (χ4n) is 3.00. The molecule has 0 aliphatic heterocycles. The van der Waals surface area contributed by atoms with Crippen LogP contribution in [-0.4, -0.2) is 24.6 Å². The SMILES string of the molecule is Cc1ccc(-c2nc(C)c(C(C)NC(=O)C(C)S(=O)(=O)c3ccc(F)cc3)s2)cc1. The molecule has 0 fully saturated rings. The highest BCUT2D eigenvalue weighted by atomic mass is 32.2. The minimum atomic E-state index is -3.93. The van der Waals surface area contributed by atoms with Crippen LogP contribution in [0.25, 0.3) is 10.6 Å². The average Bonchev–Trinajstić information content (AvgIpc) is 3.10. The minimum Gasteiger partial charge on any atom is -0.348 e. The van der Waals surface area contributed by atoms with E-state index in [4.69, 9.17) is 0 Å². The fourth-order valence-corrected chi connectivity index (χ4v) is 5.34. The first kappa shape index (κ1) is 22.1. The summed E-state index contributed by atoms with van der Waals surface area (Å²) in [6.45, 7) is 7.01. The van der Waals surface area contributed by atoms with Crippen LogP contribution < -0.4 is 5.32 Å². The van der Waals surface area contributed by atoms with E-state index < -0.39 is 32.9 Å². The maximum atomic E-state index is 13.1. The number of rotatable bonds is 6. The second-order valence-electron chi connectivity index (χ2n) is 7.21. The van der Waals surface area contributed by atoms with Crippen molar-refractivity contribution in [1.29, 1.82) is 0 Å². The third-order valence-corrected chi connectivity index (χ3v) is 8.32. The summed E-state index contributed by atoms with van der Waals surface area (Å²) >= 11 is 1.47. The Hall–Kier alpha value is -2.58. The van der Waals surface area contributed by atoms with E-state index in [2.05, 4.69) is 10.3 Å². The summed E-state index contributed by atoms with van der Waals surface area (Å²) in [5, 5.41) is 2.31. The minimum absolute atomic E-state index is 0.0881. The molecular formula is C22H23FN2O3S2. The lowest BCUT2D eigenvalue weighted by Crippen LogP contribution is -2.39. The number of nitrogens with one attached hydrogen (secondary N) is 1. The quantitative estimate of drug-likeness (QED) is 0.561. The second kappa shape index (κ2) is 8.65. The molecular weight excluding hydrogens is 423 g/mol. The van der Waals surface area contributed by atoms with Gasteiger partial charge in [-0.2, -0.15) is 0 Å². The Balaban J connectivity index is 1.76. The standard InChI is InChI=1S/C22H23FN2O3S2/c1-13-5-7-17(8-6-13)22-25-15(3)20(29-22)14(2)24-21(26)16(4)30(27,28)19-11-9-18(23)10-12-19/h5-12,14,16H,1-4H3,(H,24,26). The maximum Gasteiger partial charge on any atom is 0.238 e. The Morgan fingerprint density at radius 3 is 2.23 bits per heavy atom. The van der Waals surface area contributed by atoms with Crippen LogP contribution in [0.1, 0.15) is 36.0 Å². The summed E-state index contributed by atoms with van der Waals surface area (Å²) in [5.41, 5.74) is 2.94. The normalized spacial score (nSPS) is 13.6. The smallest absolute Gasteiger partial charge is 0.238 e. The Bertz CT molecular complexity index is 1150. The summed E-state index contributed by atoms with van der Waals surface area (Å²) in [6, 6.07) is 12.1. The molecule has 1 heterocycles. The van der Waals surface area contributed by atoms with Crippen LogP contribution in [0.15, 0.2) is 53.4 Å². The van der Waals surface area contributed by atoms with E-state index in [1.165, 1.54) is 30.4 Å². The lowest BCUT2D eigenvalue weighted by Gasteiger charge is -2.17. The van der Waals surface area contributed by atoms with Gasteiger partial charge < -0.3 is 5.32 Å². The lowest BCUT2D eigenvalue weighted by molar-refractivity contribution is -0.121. The number of carbonyl (C=O) groups excluding carboxylic acids is 1. The number of carbonyl (C=O) groups is 1. The highest BCUT2D eigenvalue weighted by Crippen LogP contribution is 2.32. The maximum absolute atomic E-state index is 13.1. The number of nitrogens with zero attached hydrogens (tertiary/aromatic N) is 1. The molecule has 3 aromatic rings. The van der Waals surface area contributed by atoms with Crippen molar-refractivity contribution in [3.63, 3.8) is 0 Å². The molecule has 0 radical (unpaired) electrons. The van der Waals surface area contributed by atoms with E-state index in [-0.39, 0.29) is 4.90 Å². The van der Waals surface area contributed by atoms with Gasteiger partial charge >= 0.3 is 0 Å². The first-order valence-corrected chi connectivity index (χ1v) is 11.8. The van der Waals surface area contributed by atoms with Gasteiger partial charge in [0.05, 0.1) is 21.5 Å². The molecule has 2 aromatic carbocycles. The van der Waals surface area contributed by atoms with E-state index in [1.54, 1.807) is 6.92 Å². The van der Waals surface area contributed by atoms with E-state index in [9.17, 15) is 17.6 Å². The molecule has 1 N–H and O–H groups in total. The zero-order chi connectivity index (χ0) is 22.1. The topological polar surface area (TPSA) is 76.1 Å². The van der Waals surface area contributed by atoms with Gasteiger partial charge in [0.1, 0.15) is 16.1 Å². The number of thiazole rings is 1. The highest BCUT2D eigenvalue weighted by Gasteiger charge is 2.31. The van der Waals surface area contributed by atoms with Crippen LogP contribution in [0.5, 0.6) is 0 Å². The molecule has 2 atom stereocenters. The molecule has 30 heavy (non-hydrogen) atoms. The number of hydrogen-bond acceptors (Lipinski definition) is 5. The van der Waals surface area contributed by atoms with Gasteiger partial charge in [0.15, 0.2) is 9.84 Å². The number of hydrogen-bond donors (Lipinski definition) is 1. The van der Waals surface area contributed by atoms with Crippen molar-refractivity contribution in [3.05, 3.63) is 70.5 Å². The van der Waals surface area contributed by atoms with Crippen LogP contribution in [0.4, 0.5) is 4.39 Å². The van der Waals surface area contributed by atoms with Gasteiger partial charge in [-0.25, -0.2) is 17.8 Å². The van der Waals surface area contributed by atoms with Crippen LogP contribution in [-0.2, 0) is 14.6 Å². The van der Waals surface area contributed by atoms with Gasteiger partial charge in [-0.1, -0.05) is 29.8 Å². The zero-order valence-corrected chi connectivity index (χ0v) is 18.8. The highest BCUT2D eigenvalue weighted by molar-refractivity contribution is 7.92. The monoisotopic (exact) mass is 446 g/mol. The molecule has 0 aliphatic rings. The van der Waals surface area contributed by atoms with Crippen LogP contribution >= 0.6 is 11.3 Å². The predicted molar refractivity (Wildman–Crippen MR) is 117 cm³/mol. The third-order valence-electron chi connectivity index (χ3n) is 4.86. The summed E-state index contributed by atoms with van der Waals surface area (Å²) in [5.74, 6) is -1.15. The second-order valence-corrected chi connectivity index (χ2v) is 10.5. The fraction of sp³-hybridized carbons (Fsp3) is 0.273. The van der Waals surface area contributed by atoms with Crippen molar-refractivity contribution < 1.29 is 17.6 Å². The Kier molecular flexibility index (Phi) is 6.38. The number of aromatic nitrogens is 1. The number of benzene rings is 2. The van der Waals surface area contributed by atoms with Crippen molar-refractivity contribution in [2.24, 2.45) is 0 Å². The molecule has 5 nitrogen and oxygen atoms in total.